The summed E-state index contributed by atoms with van der Waals surface area (Å²) in [5.74, 6) is 1.07. The van der Waals surface area contributed by atoms with Crippen LogP contribution in [0.3, 0.4) is 0 Å². The van der Waals surface area contributed by atoms with Crippen molar-refractivity contribution >= 4 is 11.9 Å². The molecule has 3 saturated heterocycles. The first kappa shape index (κ1) is 18.3. The summed E-state index contributed by atoms with van der Waals surface area (Å²) >= 11 is 0. The van der Waals surface area contributed by atoms with Crippen LogP contribution in [0.4, 0.5) is 5.95 Å². The highest BCUT2D eigenvalue weighted by Gasteiger charge is 2.47. The Labute approximate surface area is 165 Å². The molecule has 152 valence electrons. The number of amides is 1. The molecule has 0 saturated carbocycles. The molecule has 0 aliphatic carbocycles. The fourth-order valence-corrected chi connectivity index (χ4v) is 4.90. The molecule has 4 aliphatic rings. The van der Waals surface area contributed by atoms with Crippen molar-refractivity contribution < 1.29 is 14.3 Å². The largest absolute Gasteiger partial charge is 0.381 e. The van der Waals surface area contributed by atoms with Gasteiger partial charge in [-0.1, -0.05) is 0 Å². The Morgan fingerprint density at radius 1 is 1.21 bits per heavy atom. The number of piperazine rings is 1. The summed E-state index contributed by atoms with van der Waals surface area (Å²) in [6, 6.07) is 0. The minimum atomic E-state index is -0.201. The lowest BCUT2D eigenvalue weighted by molar-refractivity contribution is -0.134. The number of carbonyl (C=O) groups is 1. The van der Waals surface area contributed by atoms with Crippen LogP contribution in [0.5, 0.6) is 0 Å². The number of fused-ring (bicyclic) bond motifs is 2. The number of aromatic nitrogens is 2. The maximum atomic E-state index is 12.9. The number of anilines is 1. The van der Waals surface area contributed by atoms with Crippen LogP contribution in [0.15, 0.2) is 6.20 Å². The van der Waals surface area contributed by atoms with Crippen LogP contribution in [-0.2, 0) is 26.3 Å². The SMILES string of the molecule is CN1CCN(c2ncc3c(n2)[C@]2(CCN(C(=O)[C@H]4CCOC4)C2)COC3)CC1. The number of likely N-dealkylation sites (N-methyl/N-ethyl adjacent to an activating group) is 1. The Morgan fingerprint density at radius 3 is 2.86 bits per heavy atom. The van der Waals surface area contributed by atoms with Gasteiger partial charge in [-0.15, -0.1) is 0 Å². The Morgan fingerprint density at radius 2 is 2.07 bits per heavy atom. The number of likely N-dealkylation sites (tertiary alicyclic amines) is 1. The molecule has 2 atom stereocenters. The van der Waals surface area contributed by atoms with E-state index in [1.807, 2.05) is 11.1 Å². The molecule has 0 aromatic carbocycles. The second-order valence-corrected chi connectivity index (χ2v) is 8.68. The second kappa shape index (κ2) is 7.24. The third-order valence-electron chi connectivity index (χ3n) is 6.72. The molecule has 1 amide bonds. The lowest BCUT2D eigenvalue weighted by atomic mass is 9.80. The Balaban J connectivity index is 1.39. The fraction of sp³-hybridized carbons (Fsp3) is 0.750. The van der Waals surface area contributed by atoms with E-state index in [0.717, 1.165) is 62.8 Å². The van der Waals surface area contributed by atoms with E-state index in [-0.39, 0.29) is 17.2 Å². The topological polar surface area (TPSA) is 71.0 Å². The Hall–Kier alpha value is -1.77. The molecule has 28 heavy (non-hydrogen) atoms. The molecule has 0 unspecified atom stereocenters. The predicted octanol–water partition coefficient (Wildman–Crippen LogP) is 0.265. The van der Waals surface area contributed by atoms with Gasteiger partial charge in [0.05, 0.1) is 36.8 Å². The third kappa shape index (κ3) is 3.17. The average molecular weight is 387 g/mol. The minimum Gasteiger partial charge on any atom is -0.381 e. The first-order chi connectivity index (χ1) is 13.6. The molecule has 0 radical (unpaired) electrons. The molecular formula is C20H29N5O3. The van der Waals surface area contributed by atoms with E-state index in [1.165, 1.54) is 0 Å². The number of hydrogen-bond acceptors (Lipinski definition) is 7. The zero-order valence-electron chi connectivity index (χ0n) is 16.6. The van der Waals surface area contributed by atoms with E-state index in [0.29, 0.717) is 33.0 Å². The van der Waals surface area contributed by atoms with Gasteiger partial charge in [0.2, 0.25) is 11.9 Å². The first-order valence-corrected chi connectivity index (χ1v) is 10.4. The normalized spacial score (nSPS) is 30.8. The number of ether oxygens (including phenoxy) is 2. The average Bonchev–Trinajstić information content (AvgIpc) is 3.39. The second-order valence-electron chi connectivity index (χ2n) is 8.68. The Kier molecular flexibility index (Phi) is 4.72. The quantitative estimate of drug-likeness (QED) is 0.721. The van der Waals surface area contributed by atoms with Crippen molar-refractivity contribution in [1.82, 2.24) is 19.8 Å². The minimum absolute atomic E-state index is 0.0189. The molecule has 8 nitrogen and oxygen atoms in total. The van der Waals surface area contributed by atoms with Gasteiger partial charge in [0.15, 0.2) is 0 Å². The standard InChI is InChI=1S/C20H29N5O3/c1-23-5-7-24(8-6-23)19-21-10-16-12-28-14-20(17(16)22-19)3-4-25(13-20)18(26)15-2-9-27-11-15/h10,15H,2-9,11-14H2,1H3/t15-,20-/m0/s1. The van der Waals surface area contributed by atoms with Gasteiger partial charge in [-0.25, -0.2) is 9.97 Å². The summed E-state index contributed by atoms with van der Waals surface area (Å²) in [4.78, 5) is 29.2. The molecule has 5 rings (SSSR count). The van der Waals surface area contributed by atoms with Crippen molar-refractivity contribution in [2.75, 3.05) is 71.0 Å². The highest BCUT2D eigenvalue weighted by molar-refractivity contribution is 5.79. The van der Waals surface area contributed by atoms with Crippen LogP contribution in [0.25, 0.3) is 0 Å². The van der Waals surface area contributed by atoms with Gasteiger partial charge in [0, 0.05) is 57.6 Å². The molecule has 8 heteroatoms. The summed E-state index contributed by atoms with van der Waals surface area (Å²) in [5, 5.41) is 0. The summed E-state index contributed by atoms with van der Waals surface area (Å²) < 4.78 is 11.3. The van der Waals surface area contributed by atoms with Crippen molar-refractivity contribution in [3.05, 3.63) is 17.5 Å². The van der Waals surface area contributed by atoms with Gasteiger partial charge in [-0.05, 0) is 19.9 Å². The van der Waals surface area contributed by atoms with E-state index in [9.17, 15) is 4.79 Å². The molecule has 1 aromatic heterocycles. The molecule has 1 aromatic rings. The number of hydrogen-bond donors (Lipinski definition) is 0. The van der Waals surface area contributed by atoms with Gasteiger partial charge in [-0.3, -0.25) is 4.79 Å². The monoisotopic (exact) mass is 387 g/mol. The predicted molar refractivity (Wildman–Crippen MR) is 103 cm³/mol. The van der Waals surface area contributed by atoms with Gasteiger partial charge < -0.3 is 24.2 Å². The van der Waals surface area contributed by atoms with Gasteiger partial charge in [0.1, 0.15) is 0 Å². The summed E-state index contributed by atoms with van der Waals surface area (Å²) in [6.07, 6.45) is 3.68. The van der Waals surface area contributed by atoms with Crippen LogP contribution in [-0.4, -0.2) is 91.8 Å². The molecule has 4 aliphatic heterocycles. The van der Waals surface area contributed by atoms with Crippen LogP contribution in [0, 0.1) is 5.92 Å². The first-order valence-electron chi connectivity index (χ1n) is 10.4. The molecular weight excluding hydrogens is 358 g/mol. The van der Waals surface area contributed by atoms with Crippen LogP contribution >= 0.6 is 0 Å². The zero-order valence-corrected chi connectivity index (χ0v) is 16.6. The lowest BCUT2D eigenvalue weighted by Crippen LogP contribution is -2.46. The fourth-order valence-electron chi connectivity index (χ4n) is 4.90. The number of nitrogens with zero attached hydrogens (tertiary/aromatic N) is 5. The molecule has 5 heterocycles. The van der Waals surface area contributed by atoms with E-state index in [2.05, 4.69) is 21.8 Å². The molecule has 0 bridgehead atoms. The van der Waals surface area contributed by atoms with Crippen molar-refractivity contribution in [3.8, 4) is 0 Å². The van der Waals surface area contributed by atoms with Gasteiger partial charge in [-0.2, -0.15) is 0 Å². The maximum absolute atomic E-state index is 12.9. The summed E-state index contributed by atoms with van der Waals surface area (Å²) in [5.41, 5.74) is 1.97. The van der Waals surface area contributed by atoms with Gasteiger partial charge >= 0.3 is 0 Å². The molecule has 3 fully saturated rings. The number of carbonyl (C=O) groups excluding carboxylic acids is 1. The summed E-state index contributed by atoms with van der Waals surface area (Å²) in [6.45, 7) is 7.86. The van der Waals surface area contributed by atoms with Crippen molar-refractivity contribution in [2.24, 2.45) is 5.92 Å². The third-order valence-corrected chi connectivity index (χ3v) is 6.72. The van der Waals surface area contributed by atoms with Gasteiger partial charge in [0.25, 0.3) is 0 Å². The van der Waals surface area contributed by atoms with Crippen molar-refractivity contribution in [1.29, 1.82) is 0 Å². The number of rotatable bonds is 2. The molecule has 1 spiro atoms. The van der Waals surface area contributed by atoms with E-state index in [1.54, 1.807) is 0 Å². The highest BCUT2D eigenvalue weighted by Crippen LogP contribution is 2.40. The Bertz CT molecular complexity index is 745. The molecule has 0 N–H and O–H groups in total. The van der Waals surface area contributed by atoms with Crippen LogP contribution in [0.1, 0.15) is 24.1 Å². The van der Waals surface area contributed by atoms with Crippen LogP contribution in [0.2, 0.25) is 0 Å². The maximum Gasteiger partial charge on any atom is 0.228 e. The summed E-state index contributed by atoms with van der Waals surface area (Å²) in [7, 11) is 2.15. The van der Waals surface area contributed by atoms with E-state index in [4.69, 9.17) is 14.5 Å². The van der Waals surface area contributed by atoms with E-state index < -0.39 is 0 Å². The van der Waals surface area contributed by atoms with Crippen molar-refractivity contribution in [3.63, 3.8) is 0 Å². The zero-order chi connectivity index (χ0) is 19.1. The van der Waals surface area contributed by atoms with E-state index >= 15 is 0 Å². The van der Waals surface area contributed by atoms with Crippen molar-refractivity contribution in [2.45, 2.75) is 24.9 Å². The highest BCUT2D eigenvalue weighted by atomic mass is 16.5. The van der Waals surface area contributed by atoms with Crippen LogP contribution < -0.4 is 4.90 Å². The lowest BCUT2D eigenvalue weighted by Gasteiger charge is -2.36. The smallest absolute Gasteiger partial charge is 0.228 e.